The molecule has 31 heavy (non-hydrogen) atoms. The molecule has 0 atom stereocenters. The molecule has 162 valence electrons. The minimum atomic E-state index is -3.43. The first-order chi connectivity index (χ1) is 14.6. The molecule has 0 radical (unpaired) electrons. The van der Waals surface area contributed by atoms with Crippen LogP contribution in [0.3, 0.4) is 0 Å². The van der Waals surface area contributed by atoms with E-state index in [0.717, 1.165) is 17.6 Å². The van der Waals surface area contributed by atoms with Gasteiger partial charge in [0, 0.05) is 17.4 Å². The number of carbonyl (C=O) groups is 3. The summed E-state index contributed by atoms with van der Waals surface area (Å²) >= 11 is 1.09. The molecule has 0 spiro atoms. The SMILES string of the molecule is CCOC(=O)Cn1c(=NC(=O)c2ccc(C(C)=O)cc2)sc2cc(S(C)(=O)=O)ccc21. The summed E-state index contributed by atoms with van der Waals surface area (Å²) in [6, 6.07) is 10.6. The van der Waals surface area contributed by atoms with Gasteiger partial charge in [0.1, 0.15) is 6.54 Å². The average Bonchev–Trinajstić information content (AvgIpc) is 3.03. The number of amides is 1. The number of sulfone groups is 1. The van der Waals surface area contributed by atoms with Crippen molar-refractivity contribution in [3.8, 4) is 0 Å². The molecule has 1 amide bonds. The molecule has 1 aromatic heterocycles. The van der Waals surface area contributed by atoms with Crippen LogP contribution in [0.5, 0.6) is 0 Å². The van der Waals surface area contributed by atoms with Crippen LogP contribution in [0.25, 0.3) is 10.2 Å². The van der Waals surface area contributed by atoms with Gasteiger partial charge >= 0.3 is 5.97 Å². The molecule has 10 heteroatoms. The molecule has 0 aliphatic heterocycles. The molecule has 0 unspecified atom stereocenters. The molecule has 3 rings (SSSR count). The van der Waals surface area contributed by atoms with Gasteiger partial charge in [-0.05, 0) is 44.2 Å². The van der Waals surface area contributed by atoms with Crippen molar-refractivity contribution < 1.29 is 27.5 Å². The molecule has 1 heterocycles. The molecule has 0 bridgehead atoms. The van der Waals surface area contributed by atoms with E-state index in [2.05, 4.69) is 4.99 Å². The monoisotopic (exact) mass is 460 g/mol. The van der Waals surface area contributed by atoms with Crippen molar-refractivity contribution in [1.82, 2.24) is 4.57 Å². The minimum Gasteiger partial charge on any atom is -0.465 e. The Morgan fingerprint density at radius 2 is 1.71 bits per heavy atom. The molecular formula is C21H20N2O6S2. The Hall–Kier alpha value is -3.11. The van der Waals surface area contributed by atoms with Crippen molar-refractivity contribution in [2.45, 2.75) is 25.3 Å². The van der Waals surface area contributed by atoms with E-state index in [4.69, 9.17) is 4.74 Å². The number of nitrogens with zero attached hydrogens (tertiary/aromatic N) is 2. The average molecular weight is 461 g/mol. The van der Waals surface area contributed by atoms with E-state index in [1.807, 2.05) is 0 Å². The van der Waals surface area contributed by atoms with E-state index >= 15 is 0 Å². The molecule has 8 nitrogen and oxygen atoms in total. The number of ketones is 1. The molecule has 0 saturated heterocycles. The number of rotatable bonds is 6. The number of aromatic nitrogens is 1. The lowest BCUT2D eigenvalue weighted by atomic mass is 10.1. The van der Waals surface area contributed by atoms with Crippen LogP contribution in [0.1, 0.15) is 34.6 Å². The molecule has 0 N–H and O–H groups in total. The number of esters is 1. The molecular weight excluding hydrogens is 440 g/mol. The van der Waals surface area contributed by atoms with Gasteiger partial charge in [-0.2, -0.15) is 4.99 Å². The zero-order valence-electron chi connectivity index (χ0n) is 17.1. The van der Waals surface area contributed by atoms with Gasteiger partial charge in [0.05, 0.1) is 21.7 Å². The van der Waals surface area contributed by atoms with E-state index < -0.39 is 21.7 Å². The van der Waals surface area contributed by atoms with Crippen LogP contribution in [0.4, 0.5) is 0 Å². The lowest BCUT2D eigenvalue weighted by Gasteiger charge is -2.05. The molecule has 3 aromatic rings. The van der Waals surface area contributed by atoms with Crippen LogP contribution in [0.2, 0.25) is 0 Å². The van der Waals surface area contributed by atoms with Gasteiger partial charge in [-0.1, -0.05) is 23.5 Å². The van der Waals surface area contributed by atoms with E-state index in [1.54, 1.807) is 25.1 Å². The maximum atomic E-state index is 12.7. The first-order valence-corrected chi connectivity index (χ1v) is 12.0. The van der Waals surface area contributed by atoms with E-state index in [9.17, 15) is 22.8 Å². The molecule has 0 fully saturated rings. The normalized spacial score (nSPS) is 12.2. The topological polar surface area (TPSA) is 112 Å². The van der Waals surface area contributed by atoms with Crippen LogP contribution >= 0.6 is 11.3 Å². The van der Waals surface area contributed by atoms with Crippen molar-refractivity contribution in [2.75, 3.05) is 12.9 Å². The second kappa shape index (κ2) is 8.94. The van der Waals surface area contributed by atoms with Gasteiger partial charge in [-0.15, -0.1) is 0 Å². The Bertz CT molecular complexity index is 1350. The second-order valence-corrected chi connectivity index (χ2v) is 9.75. The number of fused-ring (bicyclic) bond motifs is 1. The highest BCUT2D eigenvalue weighted by Gasteiger charge is 2.16. The maximum Gasteiger partial charge on any atom is 0.326 e. The summed E-state index contributed by atoms with van der Waals surface area (Å²) < 4.78 is 30.9. The maximum absolute atomic E-state index is 12.7. The number of ether oxygens (including phenoxy) is 1. The smallest absolute Gasteiger partial charge is 0.326 e. The predicted molar refractivity (Wildman–Crippen MR) is 116 cm³/mol. The third kappa shape index (κ3) is 5.15. The van der Waals surface area contributed by atoms with Gasteiger partial charge in [-0.3, -0.25) is 14.4 Å². The summed E-state index contributed by atoms with van der Waals surface area (Å²) in [4.78, 5) is 40.7. The minimum absolute atomic E-state index is 0.116. The third-order valence-electron chi connectivity index (χ3n) is 4.41. The summed E-state index contributed by atoms with van der Waals surface area (Å²) in [6.07, 6.45) is 1.11. The van der Waals surface area contributed by atoms with Crippen molar-refractivity contribution in [2.24, 2.45) is 4.99 Å². The number of carbonyl (C=O) groups excluding carboxylic acids is 3. The molecule has 2 aromatic carbocycles. The molecule has 0 aliphatic rings. The van der Waals surface area contributed by atoms with Gasteiger partial charge in [0.15, 0.2) is 20.4 Å². The number of Topliss-reactive ketones (excluding diaryl/α,β-unsaturated/α-hetero) is 1. The van der Waals surface area contributed by atoms with E-state index in [1.165, 1.54) is 35.8 Å². The molecule has 0 aliphatic carbocycles. The van der Waals surface area contributed by atoms with Crippen LogP contribution in [-0.4, -0.2) is 43.5 Å². The van der Waals surface area contributed by atoms with E-state index in [0.29, 0.717) is 15.8 Å². The van der Waals surface area contributed by atoms with Gasteiger partial charge in [-0.25, -0.2) is 8.42 Å². The zero-order chi connectivity index (χ0) is 22.8. The van der Waals surface area contributed by atoms with Crippen molar-refractivity contribution >= 4 is 49.1 Å². The Labute approximate surface area is 182 Å². The standard InChI is InChI=1S/C21H20N2O6S2/c1-4-29-19(25)12-23-17-10-9-16(31(3,27)28)11-18(17)30-21(23)22-20(26)15-7-5-14(6-8-15)13(2)24/h5-11H,4,12H2,1-3H3. The van der Waals surface area contributed by atoms with Gasteiger partial charge in [0.2, 0.25) is 0 Å². The largest absolute Gasteiger partial charge is 0.465 e. The summed E-state index contributed by atoms with van der Waals surface area (Å²) in [7, 11) is -3.43. The quantitative estimate of drug-likeness (QED) is 0.413. The van der Waals surface area contributed by atoms with Crippen LogP contribution in [0, 0.1) is 0 Å². The lowest BCUT2D eigenvalue weighted by Crippen LogP contribution is -2.23. The lowest BCUT2D eigenvalue weighted by molar-refractivity contribution is -0.143. The number of hydrogen-bond acceptors (Lipinski definition) is 7. The van der Waals surface area contributed by atoms with Crippen molar-refractivity contribution in [3.63, 3.8) is 0 Å². The van der Waals surface area contributed by atoms with Gasteiger partial charge in [0.25, 0.3) is 5.91 Å². The third-order valence-corrected chi connectivity index (χ3v) is 6.56. The van der Waals surface area contributed by atoms with E-state index in [-0.39, 0.29) is 34.2 Å². The summed E-state index contributed by atoms with van der Waals surface area (Å²) in [5.74, 6) is -1.17. The predicted octanol–water partition coefficient (Wildman–Crippen LogP) is 2.61. The van der Waals surface area contributed by atoms with Crippen LogP contribution in [0.15, 0.2) is 52.4 Å². The first kappa shape index (κ1) is 22.6. The Balaban J connectivity index is 2.12. The Kier molecular flexibility index (Phi) is 6.51. The fourth-order valence-corrected chi connectivity index (χ4v) is 4.65. The Morgan fingerprint density at radius 3 is 2.29 bits per heavy atom. The zero-order valence-corrected chi connectivity index (χ0v) is 18.7. The highest BCUT2D eigenvalue weighted by molar-refractivity contribution is 7.90. The van der Waals surface area contributed by atoms with Crippen LogP contribution in [-0.2, 0) is 25.9 Å². The highest BCUT2D eigenvalue weighted by Crippen LogP contribution is 2.22. The number of benzene rings is 2. The van der Waals surface area contributed by atoms with Crippen LogP contribution < -0.4 is 4.80 Å². The first-order valence-electron chi connectivity index (χ1n) is 9.29. The number of thiazole rings is 1. The second-order valence-electron chi connectivity index (χ2n) is 6.73. The van der Waals surface area contributed by atoms with Gasteiger partial charge < -0.3 is 9.30 Å². The number of hydrogen-bond donors (Lipinski definition) is 0. The fraction of sp³-hybridized carbons (Fsp3) is 0.238. The summed E-state index contributed by atoms with van der Waals surface area (Å²) in [5.41, 5.74) is 1.31. The van der Waals surface area contributed by atoms with Crippen molar-refractivity contribution in [1.29, 1.82) is 0 Å². The Morgan fingerprint density at radius 1 is 1.06 bits per heavy atom. The summed E-state index contributed by atoms with van der Waals surface area (Å²) in [5, 5.41) is 0. The summed E-state index contributed by atoms with van der Waals surface area (Å²) in [6.45, 7) is 3.14. The molecule has 0 saturated carbocycles. The fourth-order valence-electron chi connectivity index (χ4n) is 2.86. The van der Waals surface area contributed by atoms with Crippen molar-refractivity contribution in [3.05, 3.63) is 58.4 Å². The highest BCUT2D eigenvalue weighted by atomic mass is 32.2.